The molecule has 54 heavy (non-hydrogen) atoms. The molecule has 274 valence electrons. The second-order valence-electron chi connectivity index (χ2n) is 14.0. The largest absolute Gasteiger partial charge is 0.504 e. The van der Waals surface area contributed by atoms with Crippen LogP contribution >= 0.6 is 11.6 Å². The molecule has 0 spiro atoms. The van der Waals surface area contributed by atoms with E-state index in [1.165, 1.54) is 48.5 Å². The molecule has 2 aliphatic heterocycles. The lowest BCUT2D eigenvalue weighted by Gasteiger charge is -2.50. The Bertz CT molecular complexity index is 2230. The lowest BCUT2D eigenvalue weighted by Crippen LogP contribution is -2.53. The van der Waals surface area contributed by atoms with Crippen LogP contribution in [0.1, 0.15) is 36.8 Å². The van der Waals surface area contributed by atoms with Crippen molar-refractivity contribution in [1.29, 1.82) is 0 Å². The number of carbonyl (C=O) groups is 4. The highest BCUT2D eigenvalue weighted by atomic mass is 35.5. The molecule has 0 aromatic heterocycles. The van der Waals surface area contributed by atoms with Gasteiger partial charge in [-0.05, 0) is 103 Å². The van der Waals surface area contributed by atoms with Crippen LogP contribution in [0, 0.1) is 29.5 Å². The van der Waals surface area contributed by atoms with Gasteiger partial charge in [-0.2, -0.15) is 5.01 Å². The summed E-state index contributed by atoms with van der Waals surface area (Å²) in [5.74, 6) is -6.91. The molecule has 1 saturated carbocycles. The monoisotopic (exact) mass is 749 g/mol. The van der Waals surface area contributed by atoms with Crippen LogP contribution in [-0.4, -0.2) is 57.5 Å². The number of rotatable bonds is 8. The van der Waals surface area contributed by atoms with Crippen molar-refractivity contribution < 1.29 is 43.5 Å². The van der Waals surface area contributed by atoms with Crippen LogP contribution in [0.4, 0.5) is 15.8 Å². The topological polar surface area (TPSA) is 157 Å². The van der Waals surface area contributed by atoms with Gasteiger partial charge < -0.3 is 19.9 Å². The van der Waals surface area contributed by atoms with Crippen LogP contribution in [0.25, 0.3) is 0 Å². The summed E-state index contributed by atoms with van der Waals surface area (Å²) in [5, 5.41) is 31.8. The van der Waals surface area contributed by atoms with Crippen LogP contribution in [-0.2, 0) is 24.6 Å². The Morgan fingerprint density at radius 2 is 1.67 bits per heavy atom. The van der Waals surface area contributed by atoms with E-state index in [4.69, 9.17) is 16.3 Å². The fraction of sp³-hybridized carbons (Fsp3) is 0.250. The van der Waals surface area contributed by atoms with Gasteiger partial charge in [0.25, 0.3) is 11.8 Å². The number of fused-ring (bicyclic) bond motifs is 4. The van der Waals surface area contributed by atoms with Crippen molar-refractivity contribution in [2.45, 2.75) is 31.1 Å². The molecule has 4 N–H and O–H groups in total. The number of amides is 4. The number of carbonyl (C=O) groups excluding carboxylic acids is 4. The standard InChI is InChI=1S/C40H34BClFN3O8/c1-2-54-33-18-21(6-17-32(33)47)35-28-15-16-29-34(38(50)45(36(29)48)27-5-3-4-23(19-27)41(52)53)30(28)20-31-37(49)46(44-26-13-11-25(43)12-14-26)39(51)40(31,35)22-7-9-24(42)10-8-22/h3-15,17-19,29-31,34-35,44,47,52-53H,2,16,20H2,1H3. The van der Waals surface area contributed by atoms with E-state index < -0.39 is 71.6 Å². The Morgan fingerprint density at radius 3 is 2.37 bits per heavy atom. The van der Waals surface area contributed by atoms with Gasteiger partial charge in [0.2, 0.25) is 11.8 Å². The van der Waals surface area contributed by atoms with E-state index in [0.717, 1.165) is 9.91 Å². The minimum Gasteiger partial charge on any atom is -0.504 e. The predicted molar refractivity (Wildman–Crippen MR) is 197 cm³/mol. The Labute approximate surface area is 314 Å². The first-order valence-electron chi connectivity index (χ1n) is 17.6. The number of phenols is 1. The minimum absolute atomic E-state index is 0.0248. The highest BCUT2D eigenvalue weighted by molar-refractivity contribution is 6.58. The number of hydrazine groups is 1. The molecule has 4 aromatic carbocycles. The van der Waals surface area contributed by atoms with Gasteiger partial charge in [-0.1, -0.05) is 53.6 Å². The van der Waals surface area contributed by atoms with Gasteiger partial charge in [0.1, 0.15) is 5.82 Å². The molecule has 0 bridgehead atoms. The maximum absolute atomic E-state index is 15.3. The van der Waals surface area contributed by atoms with Crippen molar-refractivity contribution in [3.05, 3.63) is 125 Å². The van der Waals surface area contributed by atoms with E-state index in [9.17, 15) is 33.9 Å². The first-order chi connectivity index (χ1) is 25.9. The molecular formula is C40H34BClFN3O8. The second-order valence-corrected chi connectivity index (χ2v) is 14.5. The van der Waals surface area contributed by atoms with Crippen molar-refractivity contribution >= 4 is 59.2 Å². The SMILES string of the molecule is CCOc1cc(C2C3=CCC4C(=O)N(c5cccc(B(O)O)c5)C(=O)C4C3CC3C(=O)N(Nc4ccc(F)cc4)C(=O)C32c2ccc(Cl)cc2)ccc1O. The number of benzene rings is 4. The van der Waals surface area contributed by atoms with Gasteiger partial charge >= 0.3 is 7.12 Å². The average molecular weight is 750 g/mol. The first-order valence-corrected chi connectivity index (χ1v) is 18.0. The number of nitrogens with one attached hydrogen (secondary N) is 1. The number of aromatic hydroxyl groups is 1. The highest BCUT2D eigenvalue weighted by Crippen LogP contribution is 2.64. The molecule has 14 heteroatoms. The normalized spacial score (nSPS) is 25.9. The van der Waals surface area contributed by atoms with E-state index in [1.54, 1.807) is 49.4 Å². The third-order valence-electron chi connectivity index (χ3n) is 11.3. The van der Waals surface area contributed by atoms with Crippen LogP contribution in [0.5, 0.6) is 11.5 Å². The van der Waals surface area contributed by atoms with Gasteiger partial charge in [-0.15, -0.1) is 0 Å². The van der Waals surface area contributed by atoms with E-state index >= 15 is 4.79 Å². The van der Waals surface area contributed by atoms with Crippen molar-refractivity contribution in [2.75, 3.05) is 16.9 Å². The molecule has 11 nitrogen and oxygen atoms in total. The van der Waals surface area contributed by atoms with Crippen LogP contribution in [0.15, 0.2) is 103 Å². The quantitative estimate of drug-likeness (QED) is 0.116. The first kappa shape index (κ1) is 35.5. The molecule has 2 heterocycles. The van der Waals surface area contributed by atoms with Gasteiger partial charge in [0, 0.05) is 10.9 Å². The van der Waals surface area contributed by atoms with E-state index in [-0.39, 0.29) is 42.1 Å². The van der Waals surface area contributed by atoms with E-state index in [1.807, 2.05) is 6.08 Å². The summed E-state index contributed by atoms with van der Waals surface area (Å²) in [4.78, 5) is 59.8. The lowest BCUT2D eigenvalue weighted by atomic mass is 9.49. The summed E-state index contributed by atoms with van der Waals surface area (Å²) in [5.41, 5.74) is 3.61. The molecule has 6 unspecified atom stereocenters. The summed E-state index contributed by atoms with van der Waals surface area (Å²) in [6.45, 7) is 2.00. The lowest BCUT2D eigenvalue weighted by molar-refractivity contribution is -0.138. The fourth-order valence-electron chi connectivity index (χ4n) is 9.09. The highest BCUT2D eigenvalue weighted by Gasteiger charge is 2.70. The minimum atomic E-state index is -1.82. The summed E-state index contributed by atoms with van der Waals surface area (Å²) in [7, 11) is -1.82. The molecule has 0 radical (unpaired) electrons. The number of hydrogen-bond acceptors (Lipinski definition) is 9. The van der Waals surface area contributed by atoms with Crippen molar-refractivity contribution in [2.24, 2.45) is 23.7 Å². The summed E-state index contributed by atoms with van der Waals surface area (Å²) < 4.78 is 19.7. The maximum Gasteiger partial charge on any atom is 0.488 e. The number of halogens is 2. The number of anilines is 2. The van der Waals surface area contributed by atoms with E-state index in [0.29, 0.717) is 27.4 Å². The van der Waals surface area contributed by atoms with Crippen LogP contribution in [0.2, 0.25) is 5.02 Å². The van der Waals surface area contributed by atoms with Crippen molar-refractivity contribution in [1.82, 2.24) is 5.01 Å². The maximum atomic E-state index is 15.3. The number of nitrogens with zero attached hydrogens (tertiary/aromatic N) is 2. The van der Waals surface area contributed by atoms with Crippen molar-refractivity contribution in [3.63, 3.8) is 0 Å². The van der Waals surface area contributed by atoms with Gasteiger partial charge in [-0.25, -0.2) is 4.39 Å². The molecule has 3 fully saturated rings. The molecule has 8 rings (SSSR count). The zero-order chi connectivity index (χ0) is 38.1. The third kappa shape index (κ3) is 5.40. The molecular weight excluding hydrogens is 716 g/mol. The predicted octanol–water partition coefficient (Wildman–Crippen LogP) is 4.45. The number of hydrogen-bond donors (Lipinski definition) is 4. The summed E-state index contributed by atoms with van der Waals surface area (Å²) >= 11 is 6.36. The Kier molecular flexibility index (Phi) is 8.83. The Morgan fingerprint density at radius 1 is 0.926 bits per heavy atom. The smallest absolute Gasteiger partial charge is 0.488 e. The molecule has 4 aromatic rings. The van der Waals surface area contributed by atoms with Crippen LogP contribution in [0.3, 0.4) is 0 Å². The molecule has 2 aliphatic carbocycles. The molecule has 6 atom stereocenters. The Hall–Kier alpha value is -5.50. The number of allylic oxidation sites excluding steroid dienone is 2. The number of imide groups is 2. The molecule has 4 aliphatic rings. The second kappa shape index (κ2) is 13.4. The average Bonchev–Trinajstić information content (AvgIpc) is 3.54. The van der Waals surface area contributed by atoms with Gasteiger partial charge in [-0.3, -0.25) is 29.5 Å². The van der Waals surface area contributed by atoms with Crippen LogP contribution < -0.4 is 20.5 Å². The third-order valence-corrected chi connectivity index (χ3v) is 11.6. The zero-order valence-electron chi connectivity index (χ0n) is 28.9. The van der Waals surface area contributed by atoms with E-state index in [2.05, 4.69) is 5.43 Å². The molecule has 4 amide bonds. The fourth-order valence-corrected chi connectivity index (χ4v) is 9.22. The Balaban J connectivity index is 1.32. The summed E-state index contributed by atoms with van der Waals surface area (Å²) in [6, 6.07) is 22.6. The van der Waals surface area contributed by atoms with Gasteiger partial charge in [0.15, 0.2) is 11.5 Å². The van der Waals surface area contributed by atoms with Gasteiger partial charge in [0.05, 0.1) is 41.2 Å². The number of phenolic OH excluding ortho intramolecular Hbond substituents is 1. The molecule has 2 saturated heterocycles. The number of ether oxygens (including phenoxy) is 1. The zero-order valence-corrected chi connectivity index (χ0v) is 29.6. The summed E-state index contributed by atoms with van der Waals surface area (Å²) in [6.07, 6.45) is 2.08. The van der Waals surface area contributed by atoms with Crippen molar-refractivity contribution in [3.8, 4) is 11.5 Å².